The zero-order chi connectivity index (χ0) is 12.3. The first-order chi connectivity index (χ1) is 8.22. The molecule has 1 amide bonds. The third-order valence-electron chi connectivity index (χ3n) is 2.29. The third-order valence-corrected chi connectivity index (χ3v) is 2.29. The second-order valence-electron chi connectivity index (χ2n) is 3.42. The number of nitrogens with one attached hydrogen (secondary N) is 1. The summed E-state index contributed by atoms with van der Waals surface area (Å²) >= 11 is 0. The Kier molecular flexibility index (Phi) is 2.83. The third kappa shape index (κ3) is 2.13. The van der Waals surface area contributed by atoms with Gasteiger partial charge in [0.1, 0.15) is 5.69 Å². The van der Waals surface area contributed by atoms with Crippen molar-refractivity contribution < 1.29 is 4.79 Å². The monoisotopic (exact) mass is 227 g/mol. The van der Waals surface area contributed by atoms with E-state index in [1.165, 1.54) is 0 Å². The number of rotatable bonds is 3. The molecule has 84 valence electrons. The van der Waals surface area contributed by atoms with E-state index in [9.17, 15) is 4.79 Å². The van der Waals surface area contributed by atoms with Crippen LogP contribution in [-0.2, 0) is 6.42 Å². The molecule has 0 saturated heterocycles. The van der Waals surface area contributed by atoms with E-state index in [4.69, 9.17) is 11.0 Å². The van der Waals surface area contributed by atoms with Crippen LogP contribution in [0.1, 0.15) is 16.1 Å². The molecular weight excluding hydrogens is 218 g/mol. The predicted molar refractivity (Wildman–Crippen MR) is 59.7 cm³/mol. The Labute approximate surface area is 97.1 Å². The number of nitrogens with two attached hydrogens (primary N) is 1. The standard InChI is InChI=1S/C11H9N5O/c12-6-5-7-1-3-8(4-2-7)9-10(11(13)17)15-16-14-9/h1-4H,5H2,(H2,13,17)(H,14,15,16). The van der Waals surface area contributed by atoms with Gasteiger partial charge in [-0.25, -0.2) is 0 Å². The molecule has 0 aliphatic rings. The van der Waals surface area contributed by atoms with Crippen molar-refractivity contribution in [2.45, 2.75) is 6.42 Å². The fourth-order valence-corrected chi connectivity index (χ4v) is 1.48. The van der Waals surface area contributed by atoms with Gasteiger partial charge in [0, 0.05) is 5.56 Å². The van der Waals surface area contributed by atoms with E-state index in [0.29, 0.717) is 12.1 Å². The van der Waals surface area contributed by atoms with E-state index in [1.54, 1.807) is 24.3 Å². The number of carbonyl (C=O) groups excluding carboxylic acids is 1. The number of amides is 1. The molecule has 17 heavy (non-hydrogen) atoms. The van der Waals surface area contributed by atoms with Gasteiger partial charge in [-0.2, -0.15) is 20.7 Å². The molecule has 0 aliphatic carbocycles. The van der Waals surface area contributed by atoms with Crippen molar-refractivity contribution in [2.24, 2.45) is 5.73 Å². The molecule has 2 rings (SSSR count). The van der Waals surface area contributed by atoms with E-state index < -0.39 is 5.91 Å². The molecule has 0 spiro atoms. The first kappa shape index (κ1) is 10.8. The Balaban J connectivity index is 2.37. The minimum atomic E-state index is -0.630. The van der Waals surface area contributed by atoms with Crippen molar-refractivity contribution in [2.75, 3.05) is 0 Å². The van der Waals surface area contributed by atoms with Crippen LogP contribution in [0.3, 0.4) is 0 Å². The zero-order valence-electron chi connectivity index (χ0n) is 8.84. The van der Waals surface area contributed by atoms with E-state index >= 15 is 0 Å². The van der Waals surface area contributed by atoms with Crippen molar-refractivity contribution in [3.63, 3.8) is 0 Å². The maximum atomic E-state index is 11.1. The summed E-state index contributed by atoms with van der Waals surface area (Å²) < 4.78 is 0. The molecule has 0 atom stereocenters. The second-order valence-corrected chi connectivity index (χ2v) is 3.42. The van der Waals surface area contributed by atoms with Gasteiger partial charge in [0.05, 0.1) is 12.5 Å². The van der Waals surface area contributed by atoms with Gasteiger partial charge in [-0.15, -0.1) is 0 Å². The topological polar surface area (TPSA) is 108 Å². The molecule has 0 bridgehead atoms. The van der Waals surface area contributed by atoms with Gasteiger partial charge in [-0.1, -0.05) is 24.3 Å². The first-order valence-corrected chi connectivity index (χ1v) is 4.89. The maximum Gasteiger partial charge on any atom is 0.271 e. The van der Waals surface area contributed by atoms with Crippen molar-refractivity contribution >= 4 is 5.91 Å². The summed E-state index contributed by atoms with van der Waals surface area (Å²) in [4.78, 5) is 11.1. The number of aromatic amines is 1. The van der Waals surface area contributed by atoms with Crippen LogP contribution in [0, 0.1) is 11.3 Å². The van der Waals surface area contributed by atoms with E-state index in [1.807, 2.05) is 0 Å². The Hall–Kier alpha value is -2.68. The van der Waals surface area contributed by atoms with Crippen molar-refractivity contribution in [1.82, 2.24) is 15.4 Å². The largest absolute Gasteiger partial charge is 0.364 e. The molecule has 0 aliphatic heterocycles. The molecule has 1 heterocycles. The van der Waals surface area contributed by atoms with Crippen molar-refractivity contribution in [3.05, 3.63) is 35.5 Å². The van der Waals surface area contributed by atoms with Gasteiger partial charge >= 0.3 is 0 Å². The molecular formula is C11H9N5O. The van der Waals surface area contributed by atoms with Gasteiger partial charge in [0.15, 0.2) is 5.69 Å². The van der Waals surface area contributed by atoms with Crippen LogP contribution in [0.5, 0.6) is 0 Å². The summed E-state index contributed by atoms with van der Waals surface area (Å²) in [6.07, 6.45) is 0.349. The Bertz CT molecular complexity index is 579. The van der Waals surface area contributed by atoms with Gasteiger partial charge < -0.3 is 5.73 Å². The van der Waals surface area contributed by atoms with Gasteiger partial charge in [-0.05, 0) is 5.56 Å². The van der Waals surface area contributed by atoms with Gasteiger partial charge in [0.2, 0.25) is 0 Å². The highest BCUT2D eigenvalue weighted by Crippen LogP contribution is 2.19. The van der Waals surface area contributed by atoms with Crippen LogP contribution in [0.2, 0.25) is 0 Å². The lowest BCUT2D eigenvalue weighted by molar-refractivity contribution is 0.0996. The number of nitrogens with zero attached hydrogens (tertiary/aromatic N) is 3. The smallest absolute Gasteiger partial charge is 0.271 e. The number of carbonyl (C=O) groups is 1. The summed E-state index contributed by atoms with van der Waals surface area (Å²) in [7, 11) is 0. The van der Waals surface area contributed by atoms with Gasteiger partial charge in [-0.3, -0.25) is 4.79 Å². The molecule has 1 aromatic heterocycles. The van der Waals surface area contributed by atoms with E-state index in [-0.39, 0.29) is 5.69 Å². The average Bonchev–Trinajstić information content (AvgIpc) is 2.79. The maximum absolute atomic E-state index is 11.1. The highest BCUT2D eigenvalue weighted by molar-refractivity contribution is 5.96. The lowest BCUT2D eigenvalue weighted by Gasteiger charge is -1.99. The number of nitriles is 1. The molecule has 0 radical (unpaired) electrons. The zero-order valence-corrected chi connectivity index (χ0v) is 8.84. The number of hydrogen-bond donors (Lipinski definition) is 2. The van der Waals surface area contributed by atoms with Crippen molar-refractivity contribution in [3.8, 4) is 17.3 Å². The number of hydrogen-bond acceptors (Lipinski definition) is 4. The van der Waals surface area contributed by atoms with Crippen LogP contribution < -0.4 is 5.73 Å². The molecule has 2 aromatic rings. The van der Waals surface area contributed by atoms with Gasteiger partial charge in [0.25, 0.3) is 5.91 Å². The lowest BCUT2D eigenvalue weighted by Crippen LogP contribution is -2.12. The Morgan fingerprint density at radius 2 is 2.06 bits per heavy atom. The molecule has 6 heteroatoms. The lowest BCUT2D eigenvalue weighted by atomic mass is 10.1. The summed E-state index contributed by atoms with van der Waals surface area (Å²) in [5, 5.41) is 18.5. The second kappa shape index (κ2) is 4.45. The molecule has 0 saturated carbocycles. The van der Waals surface area contributed by atoms with Crippen LogP contribution >= 0.6 is 0 Å². The van der Waals surface area contributed by atoms with Crippen LogP contribution in [0.4, 0.5) is 0 Å². The number of aromatic nitrogens is 3. The number of H-pyrrole nitrogens is 1. The first-order valence-electron chi connectivity index (χ1n) is 4.89. The summed E-state index contributed by atoms with van der Waals surface area (Å²) in [5.74, 6) is -0.630. The minimum Gasteiger partial charge on any atom is -0.364 e. The average molecular weight is 227 g/mol. The molecule has 1 aromatic carbocycles. The van der Waals surface area contributed by atoms with Crippen molar-refractivity contribution in [1.29, 1.82) is 5.26 Å². The quantitative estimate of drug-likeness (QED) is 0.801. The Morgan fingerprint density at radius 1 is 1.35 bits per heavy atom. The molecule has 6 nitrogen and oxygen atoms in total. The molecule has 0 unspecified atom stereocenters. The Morgan fingerprint density at radius 3 is 2.65 bits per heavy atom. The van der Waals surface area contributed by atoms with Crippen LogP contribution in [-0.4, -0.2) is 21.3 Å². The SMILES string of the molecule is N#CCc1ccc(-c2n[nH]nc2C(N)=O)cc1. The van der Waals surface area contributed by atoms with Crippen LogP contribution in [0.25, 0.3) is 11.3 Å². The molecule has 0 fully saturated rings. The summed E-state index contributed by atoms with van der Waals surface area (Å²) in [6, 6.07) is 9.22. The van der Waals surface area contributed by atoms with E-state index in [0.717, 1.165) is 11.1 Å². The van der Waals surface area contributed by atoms with Crippen LogP contribution in [0.15, 0.2) is 24.3 Å². The normalized spacial score (nSPS) is 9.82. The van der Waals surface area contributed by atoms with E-state index in [2.05, 4.69) is 21.5 Å². The predicted octanol–water partition coefficient (Wildman–Crippen LogP) is 0.637. The molecule has 3 N–H and O–H groups in total. The summed E-state index contributed by atoms with van der Waals surface area (Å²) in [6.45, 7) is 0. The number of primary amides is 1. The minimum absolute atomic E-state index is 0.109. The highest BCUT2D eigenvalue weighted by atomic mass is 16.1. The fraction of sp³-hybridized carbons (Fsp3) is 0.0909. The fourth-order valence-electron chi connectivity index (χ4n) is 1.48. The number of benzene rings is 1. The highest BCUT2D eigenvalue weighted by Gasteiger charge is 2.14. The summed E-state index contributed by atoms with van der Waals surface area (Å²) in [5.41, 5.74) is 7.33.